The number of aromatic nitrogens is 2. The van der Waals surface area contributed by atoms with Gasteiger partial charge in [-0.05, 0) is 41.5 Å². The number of amides is 1. The van der Waals surface area contributed by atoms with Crippen LogP contribution in [-0.2, 0) is 35.3 Å². The fourth-order valence-corrected chi connectivity index (χ4v) is 4.42. The molecule has 2 aromatic carbocycles. The van der Waals surface area contributed by atoms with Gasteiger partial charge in [-0.25, -0.2) is 0 Å². The standard InChI is InChI=1S/C24H25N3O2/c28-24(21-12-18-8-4-5-9-19(18)13-21)25-14-22-23-20(10-11-29-22)16-27(26-23)15-17-6-2-1-3-7-17/h1-9,16,21-22H,10-15H2,(H,25,28). The SMILES string of the molecule is O=C(NCC1OCCc2cn(Cc3ccccc3)nc21)C1Cc2ccccc2C1. The summed E-state index contributed by atoms with van der Waals surface area (Å²) < 4.78 is 7.94. The number of fused-ring (bicyclic) bond motifs is 2. The highest BCUT2D eigenvalue weighted by molar-refractivity contribution is 5.80. The fourth-order valence-electron chi connectivity index (χ4n) is 4.42. The van der Waals surface area contributed by atoms with Crippen LogP contribution >= 0.6 is 0 Å². The molecule has 0 radical (unpaired) electrons. The molecule has 1 aromatic heterocycles. The lowest BCUT2D eigenvalue weighted by atomic mass is 10.0. The van der Waals surface area contributed by atoms with E-state index in [1.807, 2.05) is 35.0 Å². The van der Waals surface area contributed by atoms with E-state index in [4.69, 9.17) is 9.84 Å². The van der Waals surface area contributed by atoms with Crippen molar-refractivity contribution < 1.29 is 9.53 Å². The zero-order valence-corrected chi connectivity index (χ0v) is 16.4. The van der Waals surface area contributed by atoms with Crippen LogP contribution in [0.3, 0.4) is 0 Å². The van der Waals surface area contributed by atoms with Crippen molar-refractivity contribution >= 4 is 5.91 Å². The van der Waals surface area contributed by atoms with Gasteiger partial charge in [0.15, 0.2) is 0 Å². The summed E-state index contributed by atoms with van der Waals surface area (Å²) >= 11 is 0. The van der Waals surface area contributed by atoms with E-state index in [1.54, 1.807) is 0 Å². The minimum absolute atomic E-state index is 0.0195. The fraction of sp³-hybridized carbons (Fsp3) is 0.333. The Kier molecular flexibility index (Phi) is 4.90. The number of hydrogen-bond donors (Lipinski definition) is 1. The van der Waals surface area contributed by atoms with E-state index < -0.39 is 0 Å². The van der Waals surface area contributed by atoms with Crippen molar-refractivity contribution in [1.29, 1.82) is 0 Å². The number of hydrogen-bond acceptors (Lipinski definition) is 3. The number of nitrogens with one attached hydrogen (secondary N) is 1. The second-order valence-corrected chi connectivity index (χ2v) is 7.95. The van der Waals surface area contributed by atoms with Crippen molar-refractivity contribution in [1.82, 2.24) is 15.1 Å². The van der Waals surface area contributed by atoms with E-state index in [0.717, 1.165) is 31.5 Å². The van der Waals surface area contributed by atoms with Gasteiger partial charge in [-0.3, -0.25) is 9.48 Å². The van der Waals surface area contributed by atoms with Crippen molar-refractivity contribution in [2.24, 2.45) is 5.92 Å². The Morgan fingerprint density at radius 1 is 1.03 bits per heavy atom. The monoisotopic (exact) mass is 387 g/mol. The van der Waals surface area contributed by atoms with Gasteiger partial charge in [0.25, 0.3) is 0 Å². The zero-order valence-electron chi connectivity index (χ0n) is 16.4. The highest BCUT2D eigenvalue weighted by Crippen LogP contribution is 2.28. The van der Waals surface area contributed by atoms with Gasteiger partial charge in [-0.1, -0.05) is 54.6 Å². The van der Waals surface area contributed by atoms with Crippen LogP contribution in [0.5, 0.6) is 0 Å². The lowest BCUT2D eigenvalue weighted by molar-refractivity contribution is -0.125. The topological polar surface area (TPSA) is 56.1 Å². The number of benzene rings is 2. The first kappa shape index (κ1) is 18.1. The molecular weight excluding hydrogens is 362 g/mol. The van der Waals surface area contributed by atoms with Crippen LogP contribution in [0.4, 0.5) is 0 Å². The molecule has 3 aromatic rings. The summed E-state index contributed by atoms with van der Waals surface area (Å²) in [5.74, 6) is 0.131. The zero-order chi connectivity index (χ0) is 19.6. The molecule has 1 N–H and O–H groups in total. The van der Waals surface area contributed by atoms with Crippen molar-refractivity contribution in [3.05, 3.63) is 88.7 Å². The third-order valence-corrected chi connectivity index (χ3v) is 5.94. The Morgan fingerprint density at radius 3 is 2.52 bits per heavy atom. The summed E-state index contributed by atoms with van der Waals surface area (Å²) in [4.78, 5) is 12.7. The highest BCUT2D eigenvalue weighted by Gasteiger charge is 2.29. The highest BCUT2D eigenvalue weighted by atomic mass is 16.5. The molecule has 0 bridgehead atoms. The molecule has 0 fully saturated rings. The van der Waals surface area contributed by atoms with E-state index in [-0.39, 0.29) is 17.9 Å². The first-order valence-electron chi connectivity index (χ1n) is 10.3. The number of ether oxygens (including phenoxy) is 1. The lowest BCUT2D eigenvalue weighted by Gasteiger charge is -2.23. The number of nitrogens with zero attached hydrogens (tertiary/aromatic N) is 2. The summed E-state index contributed by atoms with van der Waals surface area (Å²) in [5.41, 5.74) is 5.99. The molecule has 1 unspecified atom stereocenters. The molecule has 2 aliphatic rings. The van der Waals surface area contributed by atoms with E-state index in [9.17, 15) is 4.79 Å². The van der Waals surface area contributed by atoms with E-state index >= 15 is 0 Å². The molecule has 2 heterocycles. The largest absolute Gasteiger partial charge is 0.370 e. The number of carbonyl (C=O) groups excluding carboxylic acids is 1. The van der Waals surface area contributed by atoms with Gasteiger partial charge in [0.1, 0.15) is 6.10 Å². The maximum absolute atomic E-state index is 12.7. The molecule has 0 saturated carbocycles. The first-order chi connectivity index (χ1) is 14.3. The average Bonchev–Trinajstić information content (AvgIpc) is 3.36. The molecule has 148 valence electrons. The molecule has 1 aliphatic carbocycles. The summed E-state index contributed by atoms with van der Waals surface area (Å²) in [6.45, 7) is 1.88. The normalized spacial score (nSPS) is 18.3. The van der Waals surface area contributed by atoms with Gasteiger partial charge in [0, 0.05) is 18.7 Å². The molecule has 0 saturated heterocycles. The molecule has 1 aliphatic heterocycles. The quantitative estimate of drug-likeness (QED) is 0.732. The Bertz CT molecular complexity index is 987. The van der Waals surface area contributed by atoms with Gasteiger partial charge in [0.2, 0.25) is 5.91 Å². The maximum Gasteiger partial charge on any atom is 0.223 e. The second kappa shape index (κ2) is 7.84. The van der Waals surface area contributed by atoms with Crippen molar-refractivity contribution in [3.63, 3.8) is 0 Å². The summed E-state index contributed by atoms with van der Waals surface area (Å²) in [5, 5.41) is 7.89. The van der Waals surface area contributed by atoms with E-state index in [0.29, 0.717) is 13.2 Å². The van der Waals surface area contributed by atoms with Gasteiger partial charge < -0.3 is 10.1 Å². The minimum Gasteiger partial charge on any atom is -0.370 e. The van der Waals surface area contributed by atoms with Gasteiger partial charge in [-0.15, -0.1) is 0 Å². The predicted octanol–water partition coefficient (Wildman–Crippen LogP) is 3.08. The molecule has 0 spiro atoms. The van der Waals surface area contributed by atoms with Crippen LogP contribution in [0.25, 0.3) is 0 Å². The molecule has 1 atom stereocenters. The third-order valence-electron chi connectivity index (χ3n) is 5.94. The second-order valence-electron chi connectivity index (χ2n) is 7.95. The molecule has 5 heteroatoms. The first-order valence-corrected chi connectivity index (χ1v) is 10.3. The number of rotatable bonds is 5. The maximum atomic E-state index is 12.7. The van der Waals surface area contributed by atoms with Gasteiger partial charge in [-0.2, -0.15) is 5.10 Å². The Labute approximate surface area is 170 Å². The minimum atomic E-state index is -0.177. The summed E-state index contributed by atoms with van der Waals surface area (Å²) in [7, 11) is 0. The van der Waals surface area contributed by atoms with E-state index in [2.05, 4.69) is 35.8 Å². The van der Waals surface area contributed by atoms with Crippen LogP contribution in [0.15, 0.2) is 60.8 Å². The van der Waals surface area contributed by atoms with Crippen LogP contribution < -0.4 is 5.32 Å². The third kappa shape index (κ3) is 3.83. The summed E-state index contributed by atoms with van der Waals surface area (Å²) in [6, 6.07) is 18.7. The molecule has 29 heavy (non-hydrogen) atoms. The average molecular weight is 387 g/mol. The molecule has 5 rings (SSSR count). The lowest BCUT2D eigenvalue weighted by Crippen LogP contribution is -2.36. The van der Waals surface area contributed by atoms with Crippen LogP contribution in [0.2, 0.25) is 0 Å². The molecule has 1 amide bonds. The van der Waals surface area contributed by atoms with Crippen molar-refractivity contribution in [2.75, 3.05) is 13.2 Å². The Balaban J connectivity index is 1.22. The van der Waals surface area contributed by atoms with Crippen LogP contribution in [-0.4, -0.2) is 28.8 Å². The predicted molar refractivity (Wildman–Crippen MR) is 111 cm³/mol. The smallest absolute Gasteiger partial charge is 0.223 e. The molecule has 5 nitrogen and oxygen atoms in total. The molecular formula is C24H25N3O2. The van der Waals surface area contributed by atoms with Gasteiger partial charge in [0.05, 0.1) is 18.8 Å². The van der Waals surface area contributed by atoms with Crippen LogP contribution in [0, 0.1) is 5.92 Å². The van der Waals surface area contributed by atoms with Crippen molar-refractivity contribution in [2.45, 2.75) is 31.9 Å². The van der Waals surface area contributed by atoms with Crippen molar-refractivity contribution in [3.8, 4) is 0 Å². The van der Waals surface area contributed by atoms with E-state index in [1.165, 1.54) is 22.3 Å². The summed E-state index contributed by atoms with van der Waals surface area (Å²) in [6.07, 6.45) is 4.46. The Morgan fingerprint density at radius 2 is 1.76 bits per heavy atom. The number of carbonyl (C=O) groups is 1. The Hall–Kier alpha value is -2.92. The van der Waals surface area contributed by atoms with Gasteiger partial charge >= 0.3 is 0 Å². The van der Waals surface area contributed by atoms with Crippen LogP contribution in [0.1, 0.15) is 34.1 Å².